The summed E-state index contributed by atoms with van der Waals surface area (Å²) >= 11 is 8.78. The summed E-state index contributed by atoms with van der Waals surface area (Å²) in [7, 11) is 1.81. The van der Waals surface area contributed by atoms with Gasteiger partial charge in [-0.3, -0.25) is 4.79 Å². The van der Waals surface area contributed by atoms with Gasteiger partial charge in [-0.05, 0) is 19.1 Å². The summed E-state index contributed by atoms with van der Waals surface area (Å²) in [6.45, 7) is 2.68. The Bertz CT molecular complexity index is 550. The van der Waals surface area contributed by atoms with Crippen LogP contribution in [0.1, 0.15) is 20.2 Å². The second kappa shape index (κ2) is 5.82. The van der Waals surface area contributed by atoms with E-state index >= 15 is 0 Å². The van der Waals surface area contributed by atoms with Crippen LogP contribution in [0.5, 0.6) is 0 Å². The molecular weight excluding hydrogens is 288 g/mol. The average molecular weight is 301 g/mol. The first-order valence-electron chi connectivity index (χ1n) is 5.47. The third kappa shape index (κ3) is 3.10. The molecule has 0 unspecified atom stereocenters. The average Bonchev–Trinajstić information content (AvgIpc) is 2.94. The zero-order valence-corrected chi connectivity index (χ0v) is 12.5. The van der Waals surface area contributed by atoms with E-state index < -0.39 is 0 Å². The minimum absolute atomic E-state index is 0.0223. The Hall–Kier alpha value is -0.910. The summed E-state index contributed by atoms with van der Waals surface area (Å²) in [6, 6.07) is 3.52. The second-order valence-corrected chi connectivity index (χ2v) is 6.60. The molecule has 2 aromatic rings. The first-order valence-corrected chi connectivity index (χ1v) is 7.55. The fraction of sp³-hybridized carbons (Fsp3) is 0.333. The molecule has 0 radical (unpaired) electrons. The van der Waals surface area contributed by atoms with Crippen molar-refractivity contribution in [2.75, 3.05) is 13.6 Å². The first kappa shape index (κ1) is 13.5. The lowest BCUT2D eigenvalue weighted by Gasteiger charge is -2.15. The molecule has 0 aromatic carbocycles. The highest BCUT2D eigenvalue weighted by molar-refractivity contribution is 7.18. The molecule has 2 aromatic heterocycles. The standard InChI is InChI=1S/C12H13ClN2OS2/c1-8-9(17-7-14-8)5-6-15(2)12(16)10-3-4-11(13)18-10/h3-4,7H,5-6H2,1-2H3. The number of thiophene rings is 1. The summed E-state index contributed by atoms with van der Waals surface area (Å²) in [5.41, 5.74) is 2.89. The number of halogens is 1. The van der Waals surface area contributed by atoms with E-state index in [1.165, 1.54) is 16.2 Å². The van der Waals surface area contributed by atoms with Crippen LogP contribution in [-0.4, -0.2) is 29.4 Å². The fourth-order valence-corrected chi connectivity index (χ4v) is 3.36. The molecule has 3 nitrogen and oxygen atoms in total. The summed E-state index contributed by atoms with van der Waals surface area (Å²) in [5, 5.41) is 0. The van der Waals surface area contributed by atoms with E-state index in [0.717, 1.165) is 12.1 Å². The van der Waals surface area contributed by atoms with E-state index in [0.29, 0.717) is 15.8 Å². The molecule has 6 heteroatoms. The number of hydrogen-bond donors (Lipinski definition) is 0. The molecule has 1 amide bonds. The zero-order valence-electron chi connectivity index (χ0n) is 10.1. The molecule has 0 aliphatic heterocycles. The number of amides is 1. The molecule has 2 heterocycles. The highest BCUT2D eigenvalue weighted by Crippen LogP contribution is 2.22. The van der Waals surface area contributed by atoms with E-state index in [4.69, 9.17) is 11.6 Å². The van der Waals surface area contributed by atoms with Crippen molar-refractivity contribution in [2.24, 2.45) is 0 Å². The molecule has 96 valence electrons. The lowest BCUT2D eigenvalue weighted by atomic mass is 10.3. The Kier molecular flexibility index (Phi) is 4.37. The molecule has 2 rings (SSSR count). The number of carbonyl (C=O) groups is 1. The van der Waals surface area contributed by atoms with Crippen molar-refractivity contribution in [1.29, 1.82) is 0 Å². The van der Waals surface area contributed by atoms with E-state index in [9.17, 15) is 4.79 Å². The molecule has 0 bridgehead atoms. The van der Waals surface area contributed by atoms with Crippen LogP contribution in [0.4, 0.5) is 0 Å². The van der Waals surface area contributed by atoms with Gasteiger partial charge in [0.25, 0.3) is 5.91 Å². The summed E-state index contributed by atoms with van der Waals surface area (Å²) in [6.07, 6.45) is 0.845. The van der Waals surface area contributed by atoms with E-state index in [-0.39, 0.29) is 5.91 Å². The van der Waals surface area contributed by atoms with Gasteiger partial charge in [-0.2, -0.15) is 0 Å². The lowest BCUT2D eigenvalue weighted by molar-refractivity contribution is 0.0801. The maximum atomic E-state index is 12.1. The zero-order chi connectivity index (χ0) is 13.1. The monoisotopic (exact) mass is 300 g/mol. The van der Waals surface area contributed by atoms with Crippen LogP contribution in [0, 0.1) is 6.92 Å². The smallest absolute Gasteiger partial charge is 0.263 e. The van der Waals surface area contributed by atoms with Gasteiger partial charge in [-0.1, -0.05) is 11.6 Å². The predicted molar refractivity (Wildman–Crippen MR) is 76.8 cm³/mol. The maximum Gasteiger partial charge on any atom is 0.263 e. The van der Waals surface area contributed by atoms with Crippen molar-refractivity contribution in [2.45, 2.75) is 13.3 Å². The molecule has 0 N–H and O–H groups in total. The molecule has 0 aliphatic carbocycles. The van der Waals surface area contributed by atoms with Gasteiger partial charge >= 0.3 is 0 Å². The van der Waals surface area contributed by atoms with Crippen LogP contribution in [0.15, 0.2) is 17.6 Å². The van der Waals surface area contributed by atoms with Crippen LogP contribution < -0.4 is 0 Å². The molecular formula is C12H13ClN2OS2. The van der Waals surface area contributed by atoms with Crippen LogP contribution in [0.3, 0.4) is 0 Å². The summed E-state index contributed by atoms with van der Waals surface area (Å²) in [5.74, 6) is 0.0223. The topological polar surface area (TPSA) is 33.2 Å². The second-order valence-electron chi connectivity index (χ2n) is 3.94. The highest BCUT2D eigenvalue weighted by Gasteiger charge is 2.14. The van der Waals surface area contributed by atoms with Gasteiger partial charge in [0.2, 0.25) is 0 Å². The van der Waals surface area contributed by atoms with E-state index in [1.807, 2.05) is 19.5 Å². The number of rotatable bonds is 4. The van der Waals surface area contributed by atoms with Gasteiger partial charge in [-0.15, -0.1) is 22.7 Å². The molecule has 0 saturated carbocycles. The highest BCUT2D eigenvalue weighted by atomic mass is 35.5. The van der Waals surface area contributed by atoms with E-state index in [2.05, 4.69) is 4.98 Å². The van der Waals surface area contributed by atoms with Crippen LogP contribution in [0.25, 0.3) is 0 Å². The van der Waals surface area contributed by atoms with Gasteiger partial charge in [0.1, 0.15) is 0 Å². The largest absolute Gasteiger partial charge is 0.341 e. The van der Waals surface area contributed by atoms with Crippen LogP contribution >= 0.6 is 34.3 Å². The first-order chi connectivity index (χ1) is 8.58. The SMILES string of the molecule is Cc1ncsc1CCN(C)C(=O)c1ccc(Cl)s1. The number of thiazole rings is 1. The van der Waals surface area contributed by atoms with Crippen LogP contribution in [-0.2, 0) is 6.42 Å². The molecule has 18 heavy (non-hydrogen) atoms. The Labute approximate surface area is 119 Å². The molecule has 0 fully saturated rings. The Morgan fingerprint density at radius 3 is 2.83 bits per heavy atom. The Morgan fingerprint density at radius 1 is 1.50 bits per heavy atom. The van der Waals surface area contributed by atoms with Crippen LogP contribution in [0.2, 0.25) is 4.34 Å². The number of likely N-dealkylation sites (N-methyl/N-ethyl adjacent to an activating group) is 1. The molecule has 0 aliphatic rings. The third-order valence-electron chi connectivity index (χ3n) is 2.65. The van der Waals surface area contributed by atoms with Gasteiger partial charge in [-0.25, -0.2) is 4.98 Å². The van der Waals surface area contributed by atoms with Crippen molar-refractivity contribution >= 4 is 40.2 Å². The van der Waals surface area contributed by atoms with Crippen molar-refractivity contribution in [3.8, 4) is 0 Å². The Balaban J connectivity index is 1.94. The van der Waals surface area contributed by atoms with Gasteiger partial charge in [0.05, 0.1) is 20.4 Å². The van der Waals surface area contributed by atoms with Gasteiger partial charge < -0.3 is 4.90 Å². The summed E-state index contributed by atoms with van der Waals surface area (Å²) in [4.78, 5) is 19.9. The third-order valence-corrected chi connectivity index (χ3v) is 4.86. The van der Waals surface area contributed by atoms with E-state index in [1.54, 1.807) is 28.4 Å². The fourth-order valence-electron chi connectivity index (χ4n) is 1.55. The summed E-state index contributed by atoms with van der Waals surface area (Å²) < 4.78 is 0.644. The number of nitrogens with zero attached hydrogens (tertiary/aromatic N) is 2. The molecule has 0 spiro atoms. The van der Waals surface area contributed by atoms with Gasteiger partial charge in [0.15, 0.2) is 0 Å². The van der Waals surface area contributed by atoms with Crippen molar-refractivity contribution < 1.29 is 4.79 Å². The number of carbonyl (C=O) groups excluding carboxylic acids is 1. The molecule has 0 saturated heterocycles. The minimum Gasteiger partial charge on any atom is -0.341 e. The quantitative estimate of drug-likeness (QED) is 0.866. The van der Waals surface area contributed by atoms with Crippen molar-refractivity contribution in [1.82, 2.24) is 9.88 Å². The number of aromatic nitrogens is 1. The maximum absolute atomic E-state index is 12.1. The molecule has 0 atom stereocenters. The minimum atomic E-state index is 0.0223. The van der Waals surface area contributed by atoms with Crippen molar-refractivity contribution in [3.63, 3.8) is 0 Å². The normalized spacial score (nSPS) is 10.6. The predicted octanol–water partition coefficient (Wildman–Crippen LogP) is 3.48. The van der Waals surface area contributed by atoms with Crippen molar-refractivity contribution in [3.05, 3.63) is 37.4 Å². The Morgan fingerprint density at radius 2 is 2.28 bits per heavy atom. The lowest BCUT2D eigenvalue weighted by Crippen LogP contribution is -2.28. The van der Waals surface area contributed by atoms with Gasteiger partial charge in [0, 0.05) is 24.9 Å². The number of aryl methyl sites for hydroxylation is 1. The number of hydrogen-bond acceptors (Lipinski definition) is 4.